The summed E-state index contributed by atoms with van der Waals surface area (Å²) in [6.07, 6.45) is 2.70. The van der Waals surface area contributed by atoms with Crippen LogP contribution >= 0.6 is 0 Å². The minimum Gasteiger partial charge on any atom is -0.406 e. The number of anilines is 1. The summed E-state index contributed by atoms with van der Waals surface area (Å²) < 4.78 is 5.52. The van der Waals surface area contributed by atoms with Gasteiger partial charge in [-0.3, -0.25) is 0 Å². The average molecular weight is 262 g/mol. The first-order chi connectivity index (χ1) is 9.29. The minimum atomic E-state index is 0.0551. The van der Waals surface area contributed by atoms with Crippen molar-refractivity contribution < 1.29 is 4.42 Å². The molecule has 0 amide bonds. The van der Waals surface area contributed by atoms with Gasteiger partial charge in [0.25, 0.3) is 0 Å². The Labute approximate surface area is 111 Å². The summed E-state index contributed by atoms with van der Waals surface area (Å²) in [5.41, 5.74) is 0.819. The van der Waals surface area contributed by atoms with Crippen molar-refractivity contribution in [2.75, 3.05) is 11.9 Å². The summed E-state index contributed by atoms with van der Waals surface area (Å²) in [7, 11) is 0. The Morgan fingerprint density at radius 1 is 1.32 bits per heavy atom. The van der Waals surface area contributed by atoms with E-state index in [2.05, 4.69) is 38.0 Å². The summed E-state index contributed by atoms with van der Waals surface area (Å²) in [4.78, 5) is 0. The van der Waals surface area contributed by atoms with Gasteiger partial charge < -0.3 is 15.1 Å². The first-order valence-corrected chi connectivity index (χ1v) is 6.37. The molecule has 1 unspecified atom stereocenters. The predicted octanol–water partition coefficient (Wildman–Crippen LogP) is 1.53. The fourth-order valence-corrected chi connectivity index (χ4v) is 1.52. The Kier molecular flexibility index (Phi) is 4.79. The van der Waals surface area contributed by atoms with Crippen molar-refractivity contribution in [2.45, 2.75) is 32.9 Å². The van der Waals surface area contributed by atoms with Gasteiger partial charge in [-0.15, -0.1) is 5.10 Å². The zero-order chi connectivity index (χ0) is 13.5. The van der Waals surface area contributed by atoms with Gasteiger partial charge in [-0.05, 0) is 32.0 Å². The molecule has 2 aromatic heterocycles. The highest BCUT2D eigenvalue weighted by atomic mass is 16.4. The first-order valence-electron chi connectivity index (χ1n) is 6.37. The highest BCUT2D eigenvalue weighted by Gasteiger charge is 2.12. The fraction of sp³-hybridized carbons (Fsp3) is 0.500. The van der Waals surface area contributed by atoms with Crippen LogP contribution in [0.5, 0.6) is 0 Å². The van der Waals surface area contributed by atoms with E-state index in [1.54, 1.807) is 6.20 Å². The highest BCUT2D eigenvalue weighted by Crippen LogP contribution is 2.13. The molecule has 7 heteroatoms. The molecule has 0 aromatic carbocycles. The van der Waals surface area contributed by atoms with Gasteiger partial charge in [0.1, 0.15) is 0 Å². The monoisotopic (exact) mass is 262 g/mol. The largest absolute Gasteiger partial charge is 0.406 e. The van der Waals surface area contributed by atoms with Crippen molar-refractivity contribution in [2.24, 2.45) is 0 Å². The zero-order valence-electron chi connectivity index (χ0n) is 11.1. The fourth-order valence-electron chi connectivity index (χ4n) is 1.52. The third-order valence-electron chi connectivity index (χ3n) is 2.56. The summed E-state index contributed by atoms with van der Waals surface area (Å²) in [5.74, 6) is 0.579. The van der Waals surface area contributed by atoms with Crippen LogP contribution in [0.3, 0.4) is 0 Å². The molecule has 0 saturated carbocycles. The van der Waals surface area contributed by atoms with Gasteiger partial charge in [0, 0.05) is 6.20 Å². The van der Waals surface area contributed by atoms with Crippen molar-refractivity contribution in [3.8, 4) is 0 Å². The molecule has 0 radical (unpaired) electrons. The van der Waals surface area contributed by atoms with Gasteiger partial charge in [0.05, 0.1) is 18.3 Å². The number of nitrogens with zero attached hydrogens (tertiary/aromatic N) is 4. The maximum atomic E-state index is 5.52. The van der Waals surface area contributed by atoms with Gasteiger partial charge in [0.15, 0.2) is 0 Å². The maximum absolute atomic E-state index is 5.52. The van der Waals surface area contributed by atoms with Crippen molar-refractivity contribution in [3.63, 3.8) is 0 Å². The lowest BCUT2D eigenvalue weighted by Gasteiger charge is -2.07. The van der Waals surface area contributed by atoms with Crippen LogP contribution in [-0.2, 0) is 6.54 Å². The van der Waals surface area contributed by atoms with E-state index in [9.17, 15) is 0 Å². The molecule has 0 spiro atoms. The van der Waals surface area contributed by atoms with Crippen molar-refractivity contribution in [3.05, 3.63) is 29.9 Å². The molecule has 2 aromatic rings. The Balaban J connectivity index is 1.87. The van der Waals surface area contributed by atoms with E-state index >= 15 is 0 Å². The molecular formula is C12H18N6O. The molecule has 0 saturated heterocycles. The van der Waals surface area contributed by atoms with E-state index in [0.29, 0.717) is 18.5 Å². The molecule has 0 bridgehead atoms. The molecular weight excluding hydrogens is 244 g/mol. The third-order valence-corrected chi connectivity index (χ3v) is 2.56. The van der Waals surface area contributed by atoms with E-state index in [0.717, 1.165) is 18.7 Å². The minimum absolute atomic E-state index is 0.0551. The average Bonchev–Trinajstić information content (AvgIpc) is 2.92. The summed E-state index contributed by atoms with van der Waals surface area (Å²) in [6, 6.07) is 4.16. The van der Waals surface area contributed by atoms with Crippen molar-refractivity contribution in [1.29, 1.82) is 0 Å². The second kappa shape index (κ2) is 6.79. The van der Waals surface area contributed by atoms with Crippen LogP contribution in [0.1, 0.15) is 37.9 Å². The Morgan fingerprint density at radius 3 is 2.95 bits per heavy atom. The Bertz CT molecular complexity index is 486. The summed E-state index contributed by atoms with van der Waals surface area (Å²) >= 11 is 0. The number of aromatic nitrogens is 4. The van der Waals surface area contributed by atoms with Crippen LogP contribution in [0, 0.1) is 0 Å². The molecule has 1 atom stereocenters. The quantitative estimate of drug-likeness (QED) is 0.782. The van der Waals surface area contributed by atoms with Gasteiger partial charge in [-0.25, -0.2) is 0 Å². The predicted molar refractivity (Wildman–Crippen MR) is 70.4 cm³/mol. The lowest BCUT2D eigenvalue weighted by Crippen LogP contribution is -2.19. The second-order valence-electron chi connectivity index (χ2n) is 4.19. The SMILES string of the molecule is CCCNC(C)c1nnc(NCc2cccnn2)o1. The normalized spacial score (nSPS) is 12.3. The standard InChI is InChI=1S/C12H18N6O/c1-3-6-13-9(2)11-17-18-12(19-11)14-8-10-5-4-7-15-16-10/h4-5,7,9,13H,3,6,8H2,1-2H3,(H,14,18). The van der Waals surface area contributed by atoms with Crippen LogP contribution in [0.15, 0.2) is 22.7 Å². The number of nitrogens with one attached hydrogen (secondary N) is 2. The van der Waals surface area contributed by atoms with Crippen molar-refractivity contribution in [1.82, 2.24) is 25.7 Å². The van der Waals surface area contributed by atoms with Crippen molar-refractivity contribution >= 4 is 6.01 Å². The van der Waals surface area contributed by atoms with Crippen LogP contribution in [0.2, 0.25) is 0 Å². The van der Waals surface area contributed by atoms with E-state index in [-0.39, 0.29) is 6.04 Å². The number of hydrogen-bond acceptors (Lipinski definition) is 7. The molecule has 2 N–H and O–H groups in total. The maximum Gasteiger partial charge on any atom is 0.315 e. The second-order valence-corrected chi connectivity index (χ2v) is 4.19. The first kappa shape index (κ1) is 13.4. The van der Waals surface area contributed by atoms with Gasteiger partial charge >= 0.3 is 6.01 Å². The van der Waals surface area contributed by atoms with E-state index in [1.165, 1.54) is 0 Å². The Morgan fingerprint density at radius 2 is 2.21 bits per heavy atom. The molecule has 0 aliphatic rings. The van der Waals surface area contributed by atoms with Crippen LogP contribution in [0.4, 0.5) is 6.01 Å². The lowest BCUT2D eigenvalue weighted by molar-refractivity contribution is 0.423. The Hall–Kier alpha value is -2.02. The number of hydrogen-bond donors (Lipinski definition) is 2. The van der Waals surface area contributed by atoms with Crippen LogP contribution in [-0.4, -0.2) is 26.9 Å². The summed E-state index contributed by atoms with van der Waals surface area (Å²) in [5, 5.41) is 22.0. The molecule has 7 nitrogen and oxygen atoms in total. The van der Waals surface area contributed by atoms with Crippen LogP contribution < -0.4 is 10.6 Å². The number of rotatable bonds is 7. The van der Waals surface area contributed by atoms with E-state index in [1.807, 2.05) is 19.1 Å². The zero-order valence-corrected chi connectivity index (χ0v) is 11.1. The molecule has 0 aliphatic heterocycles. The highest BCUT2D eigenvalue weighted by molar-refractivity contribution is 5.19. The van der Waals surface area contributed by atoms with Gasteiger partial charge in [0.2, 0.25) is 5.89 Å². The topological polar surface area (TPSA) is 88.8 Å². The summed E-state index contributed by atoms with van der Waals surface area (Å²) in [6.45, 7) is 5.54. The van der Waals surface area contributed by atoms with Gasteiger partial charge in [-0.1, -0.05) is 12.0 Å². The smallest absolute Gasteiger partial charge is 0.315 e. The molecule has 0 aliphatic carbocycles. The molecule has 2 heterocycles. The van der Waals surface area contributed by atoms with Crippen LogP contribution in [0.25, 0.3) is 0 Å². The van der Waals surface area contributed by atoms with E-state index in [4.69, 9.17) is 4.42 Å². The molecule has 2 rings (SSSR count). The lowest BCUT2D eigenvalue weighted by atomic mass is 10.3. The van der Waals surface area contributed by atoms with E-state index < -0.39 is 0 Å². The van der Waals surface area contributed by atoms with Gasteiger partial charge in [-0.2, -0.15) is 10.2 Å². The molecule has 0 fully saturated rings. The molecule has 19 heavy (non-hydrogen) atoms. The molecule has 102 valence electrons. The third kappa shape index (κ3) is 3.99.